The molecule has 0 radical (unpaired) electrons. The lowest BCUT2D eigenvalue weighted by molar-refractivity contribution is 0.258. The van der Waals surface area contributed by atoms with Gasteiger partial charge in [-0.25, -0.2) is 23.2 Å². The third-order valence-corrected chi connectivity index (χ3v) is 8.90. The zero-order valence-electron chi connectivity index (χ0n) is 24.9. The number of carbonyl (C=O) groups is 1. The Labute approximate surface area is 266 Å². The van der Waals surface area contributed by atoms with Gasteiger partial charge < -0.3 is 30.3 Å². The monoisotopic (exact) mass is 664 g/mol. The number of piperazine rings is 1. The van der Waals surface area contributed by atoms with Crippen molar-refractivity contribution in [3.63, 3.8) is 0 Å². The fraction of sp³-hybridized carbons (Fsp3) is 0.321. The van der Waals surface area contributed by atoms with Gasteiger partial charge in [0.2, 0.25) is 10.0 Å². The standard InChI is InChI=1S/C28H34Cl2N8O5S/c1-6-9-31-20-14-18(37-10-12-38(13-11-37)44(5,40)41)7-8-19(20)34-23-16-24(33-17-32-23)36(2)28(39)35-27-25(29)21(42-3)15-22(43-4)26(27)30/h6-9,14-17,31H,10-13H2,1-5H3,(H,35,39)(H,32,33,34). The van der Waals surface area contributed by atoms with E-state index >= 15 is 0 Å². The predicted molar refractivity (Wildman–Crippen MR) is 176 cm³/mol. The van der Waals surface area contributed by atoms with Crippen molar-refractivity contribution in [1.82, 2.24) is 14.3 Å². The number of sulfonamides is 1. The molecular weight excluding hydrogens is 631 g/mol. The van der Waals surface area contributed by atoms with Crippen LogP contribution >= 0.6 is 23.2 Å². The van der Waals surface area contributed by atoms with E-state index in [-0.39, 0.29) is 27.2 Å². The van der Waals surface area contributed by atoms with E-state index in [4.69, 9.17) is 32.7 Å². The van der Waals surface area contributed by atoms with Crippen molar-refractivity contribution in [2.45, 2.75) is 6.92 Å². The summed E-state index contributed by atoms with van der Waals surface area (Å²) in [5.74, 6) is 1.30. The van der Waals surface area contributed by atoms with Crippen LogP contribution in [0.3, 0.4) is 0 Å². The summed E-state index contributed by atoms with van der Waals surface area (Å²) in [6, 6.07) is 8.42. The molecule has 3 aromatic rings. The third-order valence-electron chi connectivity index (χ3n) is 6.85. The molecule has 0 saturated carbocycles. The summed E-state index contributed by atoms with van der Waals surface area (Å²) in [7, 11) is 1.20. The zero-order valence-corrected chi connectivity index (χ0v) is 27.2. The van der Waals surface area contributed by atoms with Crippen molar-refractivity contribution in [2.24, 2.45) is 0 Å². The van der Waals surface area contributed by atoms with Gasteiger partial charge in [-0.3, -0.25) is 4.90 Å². The number of carbonyl (C=O) groups excluding carboxylic acids is 1. The van der Waals surface area contributed by atoms with Gasteiger partial charge in [0, 0.05) is 51.0 Å². The minimum atomic E-state index is -3.22. The number of anilines is 6. The smallest absolute Gasteiger partial charge is 0.327 e. The van der Waals surface area contributed by atoms with Gasteiger partial charge in [-0.2, -0.15) is 4.31 Å². The van der Waals surface area contributed by atoms with Crippen molar-refractivity contribution >= 4 is 73.6 Å². The molecule has 236 valence electrons. The molecule has 2 heterocycles. The van der Waals surface area contributed by atoms with Crippen LogP contribution in [0.1, 0.15) is 6.92 Å². The molecule has 44 heavy (non-hydrogen) atoms. The molecule has 13 nitrogen and oxygen atoms in total. The first-order valence-corrected chi connectivity index (χ1v) is 16.0. The average molecular weight is 666 g/mol. The Morgan fingerprint density at radius 2 is 1.66 bits per heavy atom. The Kier molecular flexibility index (Phi) is 10.6. The third kappa shape index (κ3) is 7.56. The number of nitrogens with one attached hydrogen (secondary N) is 3. The number of ether oxygens (including phenoxy) is 2. The van der Waals surface area contributed by atoms with Gasteiger partial charge in [0.05, 0.1) is 37.5 Å². The summed E-state index contributed by atoms with van der Waals surface area (Å²) in [6.45, 7) is 3.89. The van der Waals surface area contributed by atoms with Gasteiger partial charge in [-0.15, -0.1) is 0 Å². The number of allylic oxidation sites excluding steroid dienone is 1. The molecule has 0 bridgehead atoms. The van der Waals surface area contributed by atoms with Crippen molar-refractivity contribution < 1.29 is 22.7 Å². The van der Waals surface area contributed by atoms with Crippen LogP contribution in [0.15, 0.2) is 48.9 Å². The predicted octanol–water partition coefficient (Wildman–Crippen LogP) is 5.24. The lowest BCUT2D eigenvalue weighted by atomic mass is 10.2. The van der Waals surface area contributed by atoms with Crippen molar-refractivity contribution in [1.29, 1.82) is 0 Å². The van der Waals surface area contributed by atoms with Gasteiger partial charge in [0.15, 0.2) is 0 Å². The first-order chi connectivity index (χ1) is 21.0. The fourth-order valence-electron chi connectivity index (χ4n) is 4.44. The normalized spacial score (nSPS) is 13.9. The molecule has 4 rings (SSSR count). The van der Waals surface area contributed by atoms with Gasteiger partial charge in [0.25, 0.3) is 0 Å². The highest BCUT2D eigenvalue weighted by atomic mass is 35.5. The van der Waals surface area contributed by atoms with Crippen LogP contribution in [0.5, 0.6) is 11.5 Å². The van der Waals surface area contributed by atoms with E-state index < -0.39 is 16.1 Å². The topological polar surface area (TPSA) is 141 Å². The second-order valence-corrected chi connectivity index (χ2v) is 12.4. The number of methoxy groups -OCH3 is 2. The molecule has 1 aliphatic rings. The quantitative estimate of drug-likeness (QED) is 0.263. The Morgan fingerprint density at radius 3 is 2.25 bits per heavy atom. The largest absolute Gasteiger partial charge is 0.495 e. The Balaban J connectivity index is 1.53. The molecule has 0 aliphatic carbocycles. The molecule has 2 aromatic carbocycles. The molecule has 1 fully saturated rings. The maximum atomic E-state index is 13.2. The summed E-state index contributed by atoms with van der Waals surface area (Å²) in [6.07, 6.45) is 6.24. The van der Waals surface area contributed by atoms with E-state index in [1.165, 1.54) is 49.1 Å². The molecule has 0 spiro atoms. The van der Waals surface area contributed by atoms with E-state index in [0.717, 1.165) is 17.1 Å². The van der Waals surface area contributed by atoms with Crippen LogP contribution in [0.2, 0.25) is 10.0 Å². The summed E-state index contributed by atoms with van der Waals surface area (Å²) < 4.78 is 35.8. The maximum Gasteiger partial charge on any atom is 0.327 e. The van der Waals surface area contributed by atoms with Crippen LogP contribution in [-0.2, 0) is 10.0 Å². The number of rotatable bonds is 10. The highest BCUT2D eigenvalue weighted by Gasteiger charge is 2.24. The molecule has 0 atom stereocenters. The number of amides is 2. The summed E-state index contributed by atoms with van der Waals surface area (Å²) >= 11 is 12.8. The van der Waals surface area contributed by atoms with Crippen LogP contribution in [0.25, 0.3) is 0 Å². The first kappa shape index (κ1) is 32.9. The molecule has 1 aliphatic heterocycles. The van der Waals surface area contributed by atoms with Crippen LogP contribution < -0.4 is 35.2 Å². The molecule has 0 unspecified atom stereocenters. The van der Waals surface area contributed by atoms with Crippen molar-refractivity contribution in [3.8, 4) is 11.5 Å². The van der Waals surface area contributed by atoms with E-state index in [2.05, 4.69) is 30.8 Å². The number of hydrogen-bond donors (Lipinski definition) is 3. The zero-order chi connectivity index (χ0) is 32.0. The minimum absolute atomic E-state index is 0.118. The van der Waals surface area contributed by atoms with Gasteiger partial charge >= 0.3 is 6.03 Å². The lowest BCUT2D eigenvalue weighted by Gasteiger charge is -2.35. The lowest BCUT2D eigenvalue weighted by Crippen LogP contribution is -2.48. The number of urea groups is 1. The summed E-state index contributed by atoms with van der Waals surface area (Å²) in [5, 5.41) is 9.49. The van der Waals surface area contributed by atoms with Crippen LogP contribution in [-0.4, -0.2) is 82.4 Å². The van der Waals surface area contributed by atoms with Crippen LogP contribution in [0.4, 0.5) is 39.2 Å². The van der Waals surface area contributed by atoms with Gasteiger partial charge in [-0.1, -0.05) is 29.3 Å². The maximum absolute atomic E-state index is 13.2. The second-order valence-electron chi connectivity index (χ2n) is 9.68. The Bertz CT molecular complexity index is 1620. The molecule has 16 heteroatoms. The minimum Gasteiger partial charge on any atom is -0.495 e. The van der Waals surface area contributed by atoms with E-state index in [9.17, 15) is 13.2 Å². The van der Waals surface area contributed by atoms with Gasteiger partial charge in [-0.05, 0) is 31.3 Å². The highest BCUT2D eigenvalue weighted by Crippen LogP contribution is 2.44. The molecule has 1 aromatic heterocycles. The summed E-state index contributed by atoms with van der Waals surface area (Å²) in [4.78, 5) is 25.2. The van der Waals surface area contributed by atoms with E-state index in [1.807, 2.05) is 31.2 Å². The number of halogens is 2. The Morgan fingerprint density at radius 1 is 1.00 bits per heavy atom. The number of benzene rings is 2. The molecule has 3 N–H and O–H groups in total. The first-order valence-electron chi connectivity index (χ1n) is 13.4. The van der Waals surface area contributed by atoms with Crippen molar-refractivity contribution in [2.75, 3.05) is 79.5 Å². The number of hydrogen-bond acceptors (Lipinski definition) is 10. The summed E-state index contributed by atoms with van der Waals surface area (Å²) in [5.41, 5.74) is 2.57. The molecule has 2 amide bonds. The fourth-order valence-corrected chi connectivity index (χ4v) is 5.86. The van der Waals surface area contributed by atoms with Crippen molar-refractivity contribution in [3.05, 3.63) is 59.0 Å². The molecular formula is C28H34Cl2N8O5S. The number of aromatic nitrogens is 2. The Hall–Kier alpha value is -3.98. The second kappa shape index (κ2) is 14.2. The molecule has 1 saturated heterocycles. The average Bonchev–Trinajstić information content (AvgIpc) is 3.02. The highest BCUT2D eigenvalue weighted by molar-refractivity contribution is 7.88. The van der Waals surface area contributed by atoms with Crippen LogP contribution in [0, 0.1) is 0 Å². The van der Waals surface area contributed by atoms with Gasteiger partial charge in [0.1, 0.15) is 39.5 Å². The number of nitrogens with zero attached hydrogens (tertiary/aromatic N) is 5. The van der Waals surface area contributed by atoms with E-state index in [0.29, 0.717) is 37.8 Å². The van der Waals surface area contributed by atoms with E-state index in [1.54, 1.807) is 12.3 Å². The SMILES string of the molecule is CC=CNc1cc(N2CCN(S(C)(=O)=O)CC2)ccc1Nc1cc(N(C)C(=O)Nc2c(Cl)c(OC)cc(OC)c2Cl)ncn1.